The molecule has 192 valence electrons. The number of unbranched alkanes of at least 4 members (excludes halogenated alkanes) is 1. The van der Waals surface area contributed by atoms with E-state index in [2.05, 4.69) is 12.0 Å². The smallest absolute Gasteiger partial charge is 0.339 e. The molecule has 8 nitrogen and oxygen atoms in total. The second-order valence-corrected chi connectivity index (χ2v) is 10.1. The topological polar surface area (TPSA) is 110 Å². The Balaban J connectivity index is 2.01. The Hall–Kier alpha value is -3.39. The molecule has 1 aliphatic rings. The van der Waals surface area contributed by atoms with E-state index in [1.165, 1.54) is 10.7 Å². The zero-order valence-electron chi connectivity index (χ0n) is 21.6. The van der Waals surface area contributed by atoms with Crippen molar-refractivity contribution in [3.05, 3.63) is 52.3 Å². The lowest BCUT2D eigenvalue weighted by Crippen LogP contribution is -2.31. The maximum atomic E-state index is 12.7. The average Bonchev–Trinajstić information content (AvgIpc) is 3.30. The van der Waals surface area contributed by atoms with Gasteiger partial charge in [-0.05, 0) is 81.3 Å². The van der Waals surface area contributed by atoms with Gasteiger partial charge in [-0.25, -0.2) is 14.1 Å². The van der Waals surface area contributed by atoms with Crippen molar-refractivity contribution in [2.45, 2.75) is 78.4 Å². The van der Waals surface area contributed by atoms with Crippen LogP contribution in [0.2, 0.25) is 0 Å². The number of carbonyl (C=O) groups is 2. The van der Waals surface area contributed by atoms with Crippen molar-refractivity contribution in [3.63, 3.8) is 0 Å². The Morgan fingerprint density at radius 1 is 1.25 bits per heavy atom. The summed E-state index contributed by atoms with van der Waals surface area (Å²) in [5, 5.41) is 24.5. The molecule has 0 fully saturated rings. The van der Waals surface area contributed by atoms with Gasteiger partial charge < -0.3 is 19.7 Å². The maximum absolute atomic E-state index is 12.7. The molecule has 0 amide bonds. The van der Waals surface area contributed by atoms with Crippen molar-refractivity contribution in [2.75, 3.05) is 6.61 Å². The van der Waals surface area contributed by atoms with Gasteiger partial charge in [0.25, 0.3) is 0 Å². The second kappa shape index (κ2) is 9.93. The molecule has 2 aromatic heterocycles. The largest absolute Gasteiger partial charge is 0.493 e. The van der Waals surface area contributed by atoms with E-state index >= 15 is 0 Å². The summed E-state index contributed by atoms with van der Waals surface area (Å²) in [6.45, 7) is 10.2. The first-order valence-electron chi connectivity index (χ1n) is 12.5. The molecule has 4 rings (SSSR count). The number of carboxylic acid groups (broad SMARTS) is 2. The van der Waals surface area contributed by atoms with E-state index in [4.69, 9.17) is 9.47 Å². The van der Waals surface area contributed by atoms with Crippen LogP contribution in [0, 0.1) is 13.8 Å². The Labute approximate surface area is 210 Å². The fourth-order valence-electron chi connectivity index (χ4n) is 5.16. The molecular weight excluding hydrogens is 460 g/mol. The standard InChI is InChI=1S/C28H34N2O6/c1-6-7-12-28(4,5)36-25(27(33)34)23-17(3)30-24(20(15-29-30)26(31)32)16(2)22(23)19-10-11-21-18(14-19)9-8-13-35-21/h10-11,14-15,25H,6-9,12-13H2,1-5H3,(H,31,32)(H,33,34). The number of hydrogen-bond donors (Lipinski definition) is 2. The molecule has 0 bridgehead atoms. The number of carboxylic acids is 2. The molecule has 2 N–H and O–H groups in total. The van der Waals surface area contributed by atoms with Crippen LogP contribution >= 0.6 is 0 Å². The van der Waals surface area contributed by atoms with Crippen LogP contribution in [0.25, 0.3) is 16.6 Å². The average molecular weight is 495 g/mol. The van der Waals surface area contributed by atoms with Crippen molar-refractivity contribution in [3.8, 4) is 16.9 Å². The quantitative estimate of drug-likeness (QED) is 0.389. The van der Waals surface area contributed by atoms with E-state index in [0.29, 0.717) is 40.9 Å². The minimum absolute atomic E-state index is 0.0702. The highest BCUT2D eigenvalue weighted by atomic mass is 16.5. The minimum atomic E-state index is -1.26. The number of aryl methyl sites for hydroxylation is 3. The van der Waals surface area contributed by atoms with Gasteiger partial charge in [-0.1, -0.05) is 25.8 Å². The monoisotopic (exact) mass is 494 g/mol. The van der Waals surface area contributed by atoms with Gasteiger partial charge in [0.1, 0.15) is 11.3 Å². The third kappa shape index (κ3) is 4.69. The van der Waals surface area contributed by atoms with E-state index in [9.17, 15) is 19.8 Å². The Kier molecular flexibility index (Phi) is 7.09. The number of aromatic nitrogens is 2. The highest BCUT2D eigenvalue weighted by Crippen LogP contribution is 2.42. The lowest BCUT2D eigenvalue weighted by molar-refractivity contribution is -0.163. The van der Waals surface area contributed by atoms with Gasteiger partial charge in [0.15, 0.2) is 6.10 Å². The van der Waals surface area contributed by atoms with E-state index < -0.39 is 23.6 Å². The second-order valence-electron chi connectivity index (χ2n) is 10.1. The van der Waals surface area contributed by atoms with Crippen molar-refractivity contribution in [1.29, 1.82) is 0 Å². The lowest BCUT2D eigenvalue weighted by atomic mass is 9.88. The number of hydrogen-bond acceptors (Lipinski definition) is 5. The summed E-state index contributed by atoms with van der Waals surface area (Å²) in [5.74, 6) is -1.37. The normalized spacial score (nSPS) is 14.4. The molecule has 36 heavy (non-hydrogen) atoms. The van der Waals surface area contributed by atoms with Gasteiger partial charge >= 0.3 is 11.9 Å². The molecule has 0 spiro atoms. The Morgan fingerprint density at radius 3 is 2.67 bits per heavy atom. The van der Waals surface area contributed by atoms with Crippen LogP contribution in [0.4, 0.5) is 0 Å². The predicted octanol–water partition coefficient (Wildman–Crippen LogP) is 5.75. The van der Waals surface area contributed by atoms with E-state index in [-0.39, 0.29) is 5.56 Å². The number of aromatic carboxylic acids is 1. The summed E-state index contributed by atoms with van der Waals surface area (Å²) < 4.78 is 13.6. The molecule has 0 saturated heterocycles. The third-order valence-electron chi connectivity index (χ3n) is 6.96. The molecule has 3 heterocycles. The number of pyridine rings is 1. The van der Waals surface area contributed by atoms with Gasteiger partial charge in [-0.2, -0.15) is 5.10 Å². The molecule has 1 aromatic carbocycles. The summed E-state index contributed by atoms with van der Waals surface area (Å²) in [6.07, 6.45) is 4.41. The van der Waals surface area contributed by atoms with Crippen LogP contribution in [-0.2, 0) is 16.0 Å². The highest BCUT2D eigenvalue weighted by Gasteiger charge is 2.35. The van der Waals surface area contributed by atoms with Crippen LogP contribution in [0.3, 0.4) is 0 Å². The number of fused-ring (bicyclic) bond motifs is 2. The zero-order valence-corrected chi connectivity index (χ0v) is 21.6. The predicted molar refractivity (Wildman–Crippen MR) is 136 cm³/mol. The molecule has 1 atom stereocenters. The molecule has 1 aliphatic heterocycles. The first-order valence-corrected chi connectivity index (χ1v) is 12.5. The van der Waals surface area contributed by atoms with Crippen molar-refractivity contribution < 1.29 is 29.3 Å². The highest BCUT2D eigenvalue weighted by molar-refractivity contribution is 5.98. The SMILES string of the molecule is CCCCC(C)(C)OC(C(=O)O)c1c(-c2ccc3c(c2)CCCO3)c(C)c2c(C(=O)O)cnn2c1C. The van der Waals surface area contributed by atoms with Gasteiger partial charge in [-0.15, -0.1) is 0 Å². The lowest BCUT2D eigenvalue weighted by Gasteiger charge is -2.32. The molecule has 0 aliphatic carbocycles. The van der Waals surface area contributed by atoms with E-state index in [1.807, 2.05) is 39.0 Å². The van der Waals surface area contributed by atoms with Gasteiger partial charge in [-0.3, -0.25) is 0 Å². The van der Waals surface area contributed by atoms with Crippen LogP contribution in [0.5, 0.6) is 5.75 Å². The minimum Gasteiger partial charge on any atom is -0.493 e. The van der Waals surface area contributed by atoms with Crippen molar-refractivity contribution in [1.82, 2.24) is 9.61 Å². The van der Waals surface area contributed by atoms with Gasteiger partial charge in [0.05, 0.1) is 23.9 Å². The van der Waals surface area contributed by atoms with Crippen LogP contribution in [0.1, 0.15) is 85.3 Å². The number of rotatable bonds is 9. The Morgan fingerprint density at radius 2 is 2.00 bits per heavy atom. The molecule has 3 aromatic rings. The molecule has 8 heteroatoms. The molecule has 0 radical (unpaired) electrons. The fourth-order valence-corrected chi connectivity index (χ4v) is 5.16. The van der Waals surface area contributed by atoms with E-state index in [0.717, 1.165) is 42.6 Å². The molecule has 0 saturated carbocycles. The number of aliphatic carboxylic acids is 1. The van der Waals surface area contributed by atoms with Crippen LogP contribution < -0.4 is 4.74 Å². The van der Waals surface area contributed by atoms with Crippen LogP contribution in [-0.4, -0.2) is 44.0 Å². The summed E-state index contributed by atoms with van der Waals surface area (Å²) in [4.78, 5) is 24.7. The van der Waals surface area contributed by atoms with Crippen LogP contribution in [0.15, 0.2) is 24.4 Å². The summed E-state index contributed by atoms with van der Waals surface area (Å²) in [7, 11) is 0. The van der Waals surface area contributed by atoms with Gasteiger partial charge in [0.2, 0.25) is 0 Å². The Bertz CT molecular complexity index is 1320. The summed E-state index contributed by atoms with van der Waals surface area (Å²) in [5.41, 5.74) is 4.01. The van der Waals surface area contributed by atoms with Crippen molar-refractivity contribution >= 4 is 17.5 Å². The van der Waals surface area contributed by atoms with Crippen molar-refractivity contribution in [2.24, 2.45) is 0 Å². The molecular formula is C28H34N2O6. The third-order valence-corrected chi connectivity index (χ3v) is 6.96. The molecule has 1 unspecified atom stereocenters. The fraction of sp³-hybridized carbons (Fsp3) is 0.464. The summed E-state index contributed by atoms with van der Waals surface area (Å²) in [6, 6.07) is 5.83. The number of benzene rings is 1. The number of nitrogens with zero attached hydrogens (tertiary/aromatic N) is 2. The summed E-state index contributed by atoms with van der Waals surface area (Å²) >= 11 is 0. The van der Waals surface area contributed by atoms with Gasteiger partial charge in [0, 0.05) is 11.3 Å². The maximum Gasteiger partial charge on any atom is 0.339 e. The first kappa shape index (κ1) is 25.7. The first-order chi connectivity index (χ1) is 17.1. The van der Waals surface area contributed by atoms with E-state index in [1.54, 1.807) is 6.92 Å². The number of ether oxygens (including phenoxy) is 2. The zero-order chi connectivity index (χ0) is 26.2.